The van der Waals surface area contributed by atoms with Crippen LogP contribution in [-0.2, 0) is 9.53 Å². The van der Waals surface area contributed by atoms with Crippen LogP contribution in [0.25, 0.3) is 5.57 Å². The first kappa shape index (κ1) is 20.3. The number of benzene rings is 1. The van der Waals surface area contributed by atoms with E-state index in [2.05, 4.69) is 37.0 Å². The van der Waals surface area contributed by atoms with E-state index in [1.165, 1.54) is 30.4 Å². The molecule has 4 aliphatic rings. The van der Waals surface area contributed by atoms with Crippen LogP contribution in [0.1, 0.15) is 57.9 Å². The van der Waals surface area contributed by atoms with Gasteiger partial charge in [-0.1, -0.05) is 47.9 Å². The van der Waals surface area contributed by atoms with Gasteiger partial charge in [0.05, 0.1) is 5.92 Å². The topological polar surface area (TPSA) is 29.5 Å². The van der Waals surface area contributed by atoms with Crippen LogP contribution in [0.2, 0.25) is 5.02 Å². The van der Waals surface area contributed by atoms with Gasteiger partial charge in [0.1, 0.15) is 6.10 Å². The SMILES string of the molecule is CC1=C2C[C@@H]3[C@H](CN4CC=C(c5ccc(Cl)cc5)CC4)C(=O)O[C@@H]3C[C@@]2(C)CCC1. The lowest BCUT2D eigenvalue weighted by molar-refractivity contribution is -0.145. The Hall–Kier alpha value is -1.58. The Balaban J connectivity index is 1.28. The lowest BCUT2D eigenvalue weighted by atomic mass is 9.59. The van der Waals surface area contributed by atoms with Crippen LogP contribution in [0.15, 0.2) is 41.5 Å². The molecule has 0 radical (unpaired) electrons. The number of carbonyl (C=O) groups is 1. The van der Waals surface area contributed by atoms with Crippen molar-refractivity contribution in [3.63, 3.8) is 0 Å². The summed E-state index contributed by atoms with van der Waals surface area (Å²) in [5.41, 5.74) is 6.10. The van der Waals surface area contributed by atoms with Crippen LogP contribution < -0.4 is 0 Å². The highest BCUT2D eigenvalue weighted by atomic mass is 35.5. The van der Waals surface area contributed by atoms with Crippen molar-refractivity contribution in [2.75, 3.05) is 19.6 Å². The standard InChI is InChI=1S/C26H32ClNO2/c1-17-4-3-11-26(2)15-24-21(14-23(17)26)22(25(29)30-24)16-28-12-9-19(10-13-28)18-5-7-20(27)8-6-18/h5-9,21-22,24H,3-4,10-16H2,1-2H3/t21-,22+,24-,26-/m1/s1. The number of carbonyl (C=O) groups excluding carboxylic acids is 1. The lowest BCUT2D eigenvalue weighted by Gasteiger charge is -2.46. The highest BCUT2D eigenvalue weighted by Crippen LogP contribution is 2.55. The summed E-state index contributed by atoms with van der Waals surface area (Å²) in [6.45, 7) is 7.44. The maximum absolute atomic E-state index is 12.8. The molecule has 3 nitrogen and oxygen atoms in total. The molecule has 0 aromatic heterocycles. The maximum atomic E-state index is 12.8. The molecular weight excluding hydrogens is 394 g/mol. The number of esters is 1. The molecule has 4 heteroatoms. The van der Waals surface area contributed by atoms with E-state index in [4.69, 9.17) is 16.3 Å². The minimum atomic E-state index is 0.0206. The predicted molar refractivity (Wildman–Crippen MR) is 121 cm³/mol. The number of rotatable bonds is 3. The summed E-state index contributed by atoms with van der Waals surface area (Å²) in [4.78, 5) is 15.3. The van der Waals surface area contributed by atoms with Crippen LogP contribution in [0.4, 0.5) is 0 Å². The van der Waals surface area contributed by atoms with E-state index in [1.54, 1.807) is 11.1 Å². The summed E-state index contributed by atoms with van der Waals surface area (Å²) < 4.78 is 5.95. The Kier molecular flexibility index (Phi) is 5.31. The zero-order chi connectivity index (χ0) is 20.9. The van der Waals surface area contributed by atoms with Crippen LogP contribution in [-0.4, -0.2) is 36.6 Å². The van der Waals surface area contributed by atoms with Crippen LogP contribution in [0.5, 0.6) is 0 Å². The highest BCUT2D eigenvalue weighted by molar-refractivity contribution is 6.30. The Morgan fingerprint density at radius 2 is 2.03 bits per heavy atom. The molecule has 0 spiro atoms. The molecule has 1 aromatic carbocycles. The van der Waals surface area contributed by atoms with Crippen LogP contribution in [0, 0.1) is 17.3 Å². The summed E-state index contributed by atoms with van der Waals surface area (Å²) in [5, 5.41) is 0.776. The molecule has 2 heterocycles. The van der Waals surface area contributed by atoms with E-state index in [0.29, 0.717) is 5.92 Å². The van der Waals surface area contributed by atoms with E-state index < -0.39 is 0 Å². The van der Waals surface area contributed by atoms with Crippen molar-refractivity contribution < 1.29 is 9.53 Å². The minimum absolute atomic E-state index is 0.0206. The van der Waals surface area contributed by atoms with Crippen LogP contribution in [0.3, 0.4) is 0 Å². The molecule has 0 amide bonds. The van der Waals surface area contributed by atoms with Gasteiger partial charge in [-0.05, 0) is 74.1 Å². The van der Waals surface area contributed by atoms with Gasteiger partial charge in [-0.25, -0.2) is 0 Å². The summed E-state index contributed by atoms with van der Waals surface area (Å²) in [5.74, 6) is 0.417. The third-order valence-electron chi connectivity index (χ3n) is 8.14. The number of ether oxygens (including phenoxy) is 1. The van der Waals surface area contributed by atoms with Gasteiger partial charge in [0, 0.05) is 30.6 Å². The Morgan fingerprint density at radius 3 is 2.77 bits per heavy atom. The fourth-order valence-electron chi connectivity index (χ4n) is 6.40. The van der Waals surface area contributed by atoms with Crippen molar-refractivity contribution in [2.45, 2.75) is 58.5 Å². The summed E-state index contributed by atoms with van der Waals surface area (Å²) >= 11 is 6.02. The number of allylic oxidation sites excluding steroid dienone is 2. The number of hydrogen-bond acceptors (Lipinski definition) is 3. The van der Waals surface area contributed by atoms with Gasteiger partial charge in [0.2, 0.25) is 0 Å². The van der Waals surface area contributed by atoms with Crippen molar-refractivity contribution in [1.82, 2.24) is 4.90 Å². The molecule has 0 unspecified atom stereocenters. The van der Waals surface area contributed by atoms with Gasteiger partial charge < -0.3 is 4.74 Å². The summed E-state index contributed by atoms with van der Waals surface area (Å²) in [6, 6.07) is 8.11. The van der Waals surface area contributed by atoms with E-state index in [0.717, 1.165) is 43.9 Å². The molecule has 2 fully saturated rings. The Bertz CT molecular complexity index is 902. The van der Waals surface area contributed by atoms with Crippen molar-refractivity contribution in [1.29, 1.82) is 0 Å². The number of hydrogen-bond donors (Lipinski definition) is 0. The molecule has 5 rings (SSSR count). The minimum Gasteiger partial charge on any atom is -0.462 e. The van der Waals surface area contributed by atoms with E-state index in [-0.39, 0.29) is 23.4 Å². The van der Waals surface area contributed by atoms with Crippen molar-refractivity contribution in [3.8, 4) is 0 Å². The Morgan fingerprint density at radius 1 is 1.23 bits per heavy atom. The van der Waals surface area contributed by atoms with Gasteiger partial charge in [-0.15, -0.1) is 0 Å². The van der Waals surface area contributed by atoms with E-state index in [1.807, 2.05) is 12.1 Å². The molecule has 1 saturated heterocycles. The van der Waals surface area contributed by atoms with E-state index in [9.17, 15) is 4.79 Å². The summed E-state index contributed by atoms with van der Waals surface area (Å²) in [6.07, 6.45) is 9.28. The van der Waals surface area contributed by atoms with Gasteiger partial charge in [-0.3, -0.25) is 9.69 Å². The average Bonchev–Trinajstić information content (AvgIpc) is 3.01. The predicted octanol–water partition coefficient (Wildman–Crippen LogP) is 5.89. The van der Waals surface area contributed by atoms with Crippen LogP contribution >= 0.6 is 11.6 Å². The monoisotopic (exact) mass is 425 g/mol. The molecule has 0 N–H and O–H groups in total. The lowest BCUT2D eigenvalue weighted by Crippen LogP contribution is -2.42. The maximum Gasteiger partial charge on any atom is 0.310 e. The molecule has 4 atom stereocenters. The second-order valence-corrected chi connectivity index (χ2v) is 10.5. The number of nitrogens with zero attached hydrogens (tertiary/aromatic N) is 1. The highest BCUT2D eigenvalue weighted by Gasteiger charge is 2.53. The fraction of sp³-hybridized carbons (Fsp3) is 0.577. The Labute approximate surface area is 185 Å². The molecular formula is C26H32ClNO2. The summed E-state index contributed by atoms with van der Waals surface area (Å²) in [7, 11) is 0. The fourth-order valence-corrected chi connectivity index (χ4v) is 6.53. The second kappa shape index (κ2) is 7.84. The quantitative estimate of drug-likeness (QED) is 0.446. The second-order valence-electron chi connectivity index (χ2n) is 10.1. The average molecular weight is 426 g/mol. The van der Waals surface area contributed by atoms with Gasteiger partial charge in [0.15, 0.2) is 0 Å². The molecule has 0 bridgehead atoms. The van der Waals surface area contributed by atoms with E-state index >= 15 is 0 Å². The van der Waals surface area contributed by atoms with Gasteiger partial charge in [-0.2, -0.15) is 0 Å². The molecule has 1 saturated carbocycles. The zero-order valence-corrected chi connectivity index (χ0v) is 18.9. The third kappa shape index (κ3) is 3.65. The molecule has 2 aliphatic heterocycles. The molecule has 30 heavy (non-hydrogen) atoms. The van der Waals surface area contributed by atoms with Crippen molar-refractivity contribution >= 4 is 23.1 Å². The zero-order valence-electron chi connectivity index (χ0n) is 18.1. The normalized spacial score (nSPS) is 34.3. The molecule has 2 aliphatic carbocycles. The third-order valence-corrected chi connectivity index (χ3v) is 8.40. The first-order valence-corrected chi connectivity index (χ1v) is 11.9. The van der Waals surface area contributed by atoms with Gasteiger partial charge in [0.25, 0.3) is 0 Å². The van der Waals surface area contributed by atoms with Gasteiger partial charge >= 0.3 is 5.97 Å². The number of halogens is 1. The molecule has 1 aromatic rings. The van der Waals surface area contributed by atoms with Crippen molar-refractivity contribution in [2.24, 2.45) is 17.3 Å². The largest absolute Gasteiger partial charge is 0.462 e. The first-order valence-electron chi connectivity index (χ1n) is 11.5. The smallest absolute Gasteiger partial charge is 0.310 e. The first-order chi connectivity index (χ1) is 14.4. The van der Waals surface area contributed by atoms with Crippen molar-refractivity contribution in [3.05, 3.63) is 52.1 Å². The number of fused-ring (bicyclic) bond motifs is 2. The molecule has 160 valence electrons.